The van der Waals surface area contributed by atoms with E-state index in [1.807, 2.05) is 60.7 Å². The molecule has 0 aromatic heterocycles. The Morgan fingerprint density at radius 2 is 0.531 bits per heavy atom. The molecule has 0 spiro atoms. The summed E-state index contributed by atoms with van der Waals surface area (Å²) in [5.74, 6) is 3.12. The second-order valence-electron chi connectivity index (χ2n) is 11.2. The Kier molecular flexibility index (Phi) is 10.8. The summed E-state index contributed by atoms with van der Waals surface area (Å²) in [5.41, 5.74) is 6.28. The van der Waals surface area contributed by atoms with E-state index in [-0.39, 0.29) is 0 Å². The number of methoxy groups -OCH3 is 4. The minimum Gasteiger partial charge on any atom is -0.497 e. The van der Waals surface area contributed by atoms with E-state index in [0.717, 1.165) is 56.4 Å². The molecule has 6 rings (SSSR count). The monoisotopic (exact) mass is 686 g/mol. The molecule has 0 bridgehead atoms. The Balaban J connectivity index is 1.53. The van der Waals surface area contributed by atoms with Gasteiger partial charge in [0.1, 0.15) is 32.5 Å². The normalized spacial score (nSPS) is 11.5. The van der Waals surface area contributed by atoms with Gasteiger partial charge in [-0.25, -0.2) is 3.63 Å². The SMILES string of the molecule is COc1ccc(C(SOSC(c2ccccc2)(c2ccc(OC)cc2)c2ccc(OC)cc2)(c2ccccc2)c2ccc(OC)cc2)cc1. The van der Waals surface area contributed by atoms with Crippen LogP contribution in [0, 0.1) is 0 Å². The first kappa shape index (κ1) is 34.1. The molecular formula is C42H38O5S2. The predicted octanol–water partition coefficient (Wildman–Crippen LogP) is 10.3. The molecule has 5 nitrogen and oxygen atoms in total. The van der Waals surface area contributed by atoms with E-state index < -0.39 is 9.49 Å². The van der Waals surface area contributed by atoms with Gasteiger partial charge in [-0.2, -0.15) is 0 Å². The third-order valence-electron chi connectivity index (χ3n) is 8.66. The van der Waals surface area contributed by atoms with Crippen molar-refractivity contribution in [3.63, 3.8) is 0 Å². The number of rotatable bonds is 14. The van der Waals surface area contributed by atoms with Crippen LogP contribution >= 0.6 is 24.1 Å². The maximum Gasteiger partial charge on any atom is 0.118 e. The fourth-order valence-electron chi connectivity index (χ4n) is 6.06. The quantitative estimate of drug-likeness (QED) is 0.0835. The van der Waals surface area contributed by atoms with Crippen molar-refractivity contribution in [2.75, 3.05) is 28.4 Å². The van der Waals surface area contributed by atoms with Crippen molar-refractivity contribution in [2.24, 2.45) is 0 Å². The van der Waals surface area contributed by atoms with Crippen LogP contribution in [0.2, 0.25) is 0 Å². The van der Waals surface area contributed by atoms with Gasteiger partial charge in [-0.3, -0.25) is 0 Å². The summed E-state index contributed by atoms with van der Waals surface area (Å²) in [6.07, 6.45) is 0. The van der Waals surface area contributed by atoms with E-state index in [1.54, 1.807) is 28.4 Å². The fourth-order valence-corrected chi connectivity index (χ4v) is 8.40. The van der Waals surface area contributed by atoms with E-state index in [1.165, 1.54) is 24.1 Å². The van der Waals surface area contributed by atoms with Crippen molar-refractivity contribution in [3.05, 3.63) is 191 Å². The Labute approximate surface area is 297 Å². The van der Waals surface area contributed by atoms with Crippen molar-refractivity contribution in [2.45, 2.75) is 9.49 Å². The van der Waals surface area contributed by atoms with Crippen LogP contribution in [0.5, 0.6) is 23.0 Å². The van der Waals surface area contributed by atoms with Gasteiger partial charge < -0.3 is 18.9 Å². The molecule has 7 heteroatoms. The fraction of sp³-hybridized carbons (Fsp3) is 0.143. The highest BCUT2D eigenvalue weighted by Crippen LogP contribution is 2.56. The van der Waals surface area contributed by atoms with Crippen molar-refractivity contribution in [1.82, 2.24) is 0 Å². The van der Waals surface area contributed by atoms with Crippen LogP contribution in [-0.2, 0) is 13.1 Å². The van der Waals surface area contributed by atoms with Crippen LogP contribution in [0.1, 0.15) is 33.4 Å². The Morgan fingerprint density at radius 1 is 0.306 bits per heavy atom. The molecule has 0 atom stereocenters. The van der Waals surface area contributed by atoms with Gasteiger partial charge in [0.2, 0.25) is 0 Å². The molecular weight excluding hydrogens is 649 g/mol. The summed E-state index contributed by atoms with van der Waals surface area (Å²) in [4.78, 5) is 0. The van der Waals surface area contributed by atoms with Gasteiger partial charge in [0.05, 0.1) is 28.4 Å². The maximum atomic E-state index is 7.03. The lowest BCUT2D eigenvalue weighted by Gasteiger charge is -2.37. The highest BCUT2D eigenvalue weighted by atomic mass is 32.2. The van der Waals surface area contributed by atoms with Gasteiger partial charge >= 0.3 is 0 Å². The molecule has 0 fully saturated rings. The van der Waals surface area contributed by atoms with Crippen LogP contribution in [0.3, 0.4) is 0 Å². The summed E-state index contributed by atoms with van der Waals surface area (Å²) in [5, 5.41) is 0. The van der Waals surface area contributed by atoms with E-state index in [2.05, 4.69) is 97.1 Å². The van der Waals surface area contributed by atoms with Gasteiger partial charge in [0, 0.05) is 24.1 Å². The molecule has 0 N–H and O–H groups in total. The molecule has 0 radical (unpaired) electrons. The van der Waals surface area contributed by atoms with Crippen LogP contribution in [-0.4, -0.2) is 28.4 Å². The van der Waals surface area contributed by atoms with Crippen molar-refractivity contribution >= 4 is 24.1 Å². The topological polar surface area (TPSA) is 46.2 Å². The van der Waals surface area contributed by atoms with E-state index in [9.17, 15) is 0 Å². The summed E-state index contributed by atoms with van der Waals surface area (Å²) < 4.78 is 27.7. The lowest BCUT2D eigenvalue weighted by Crippen LogP contribution is -2.28. The average Bonchev–Trinajstić information content (AvgIpc) is 3.19. The number of hydrogen-bond donors (Lipinski definition) is 0. The van der Waals surface area contributed by atoms with Crippen LogP contribution in [0.4, 0.5) is 0 Å². The minimum absolute atomic E-state index is 0.769. The molecule has 0 amide bonds. The Bertz CT molecular complexity index is 1660. The number of ether oxygens (including phenoxy) is 4. The highest BCUT2D eigenvalue weighted by molar-refractivity contribution is 8.09. The molecule has 0 unspecified atom stereocenters. The highest BCUT2D eigenvalue weighted by Gasteiger charge is 2.43. The smallest absolute Gasteiger partial charge is 0.118 e. The second-order valence-corrected chi connectivity index (χ2v) is 13.3. The molecule has 0 saturated heterocycles. The van der Waals surface area contributed by atoms with E-state index in [4.69, 9.17) is 22.6 Å². The minimum atomic E-state index is -0.769. The Morgan fingerprint density at radius 3 is 0.755 bits per heavy atom. The molecule has 0 aliphatic heterocycles. The molecule has 6 aromatic carbocycles. The maximum absolute atomic E-state index is 7.03. The van der Waals surface area contributed by atoms with Crippen molar-refractivity contribution < 1.29 is 22.6 Å². The molecule has 0 heterocycles. The first-order valence-electron chi connectivity index (χ1n) is 15.8. The van der Waals surface area contributed by atoms with Crippen LogP contribution in [0.25, 0.3) is 0 Å². The van der Waals surface area contributed by atoms with Crippen LogP contribution in [0.15, 0.2) is 158 Å². The lowest BCUT2D eigenvalue weighted by molar-refractivity contribution is 0.414. The van der Waals surface area contributed by atoms with Crippen molar-refractivity contribution in [3.8, 4) is 23.0 Å². The number of benzene rings is 6. The number of hydrogen-bond acceptors (Lipinski definition) is 7. The predicted molar refractivity (Wildman–Crippen MR) is 201 cm³/mol. The molecule has 0 aliphatic rings. The first-order chi connectivity index (χ1) is 24.1. The van der Waals surface area contributed by atoms with Gasteiger partial charge in [0.25, 0.3) is 0 Å². The Hall–Kier alpha value is -4.82. The van der Waals surface area contributed by atoms with Crippen molar-refractivity contribution in [1.29, 1.82) is 0 Å². The van der Waals surface area contributed by atoms with Gasteiger partial charge in [-0.15, -0.1) is 0 Å². The summed E-state index contributed by atoms with van der Waals surface area (Å²) in [6, 6.07) is 53.7. The molecule has 6 aromatic rings. The third-order valence-corrected chi connectivity index (χ3v) is 11.1. The molecule has 0 aliphatic carbocycles. The largest absolute Gasteiger partial charge is 0.497 e. The summed E-state index contributed by atoms with van der Waals surface area (Å²) >= 11 is 2.83. The van der Waals surface area contributed by atoms with E-state index >= 15 is 0 Å². The molecule has 49 heavy (non-hydrogen) atoms. The van der Waals surface area contributed by atoms with Gasteiger partial charge in [-0.1, -0.05) is 109 Å². The zero-order valence-electron chi connectivity index (χ0n) is 27.9. The standard InChI is InChI=1S/C42H38O5S2/c1-43-37-23-15-33(16-24-37)41(31-11-7-5-8-12-31,34-17-25-38(44-2)26-18-34)48-47-49-42(32-13-9-6-10-14-32,35-19-27-39(45-3)28-20-35)36-21-29-40(46-4)30-22-36/h5-30H,1-4H3. The van der Waals surface area contributed by atoms with Gasteiger partial charge in [0.15, 0.2) is 0 Å². The lowest BCUT2D eigenvalue weighted by atomic mass is 9.84. The van der Waals surface area contributed by atoms with E-state index in [0.29, 0.717) is 0 Å². The van der Waals surface area contributed by atoms with Crippen LogP contribution < -0.4 is 18.9 Å². The zero-order chi connectivity index (χ0) is 34.1. The summed E-state index contributed by atoms with van der Waals surface area (Å²) in [6.45, 7) is 0. The van der Waals surface area contributed by atoms with Gasteiger partial charge in [-0.05, 0) is 81.9 Å². The average molecular weight is 687 g/mol. The second kappa shape index (κ2) is 15.6. The molecule has 248 valence electrons. The summed E-state index contributed by atoms with van der Waals surface area (Å²) in [7, 11) is 6.72. The molecule has 0 saturated carbocycles. The first-order valence-corrected chi connectivity index (χ1v) is 17.3. The third kappa shape index (κ3) is 6.88. The zero-order valence-corrected chi connectivity index (χ0v) is 29.5.